The van der Waals surface area contributed by atoms with Gasteiger partial charge < -0.3 is 5.32 Å². The molecular weight excluding hydrogens is 282 g/mol. The first-order valence-corrected chi connectivity index (χ1v) is 5.94. The largest absolute Gasteiger partial charge is 0.322 e. The summed E-state index contributed by atoms with van der Waals surface area (Å²) in [6.07, 6.45) is 1.52. The summed E-state index contributed by atoms with van der Waals surface area (Å²) < 4.78 is 0.941. The normalized spacial score (nSPS) is 10.3. The molecule has 2 N–H and O–H groups in total. The molecule has 1 aromatic heterocycles. The summed E-state index contributed by atoms with van der Waals surface area (Å²) in [7, 11) is 0. The number of aromatic amines is 1. The third-order valence-electron chi connectivity index (χ3n) is 2.37. The maximum atomic E-state index is 11.9. The van der Waals surface area contributed by atoms with Gasteiger partial charge in [-0.25, -0.2) is 0 Å². The Morgan fingerprint density at radius 2 is 2.12 bits per heavy atom. The van der Waals surface area contributed by atoms with Gasteiger partial charge in [-0.15, -0.1) is 0 Å². The Kier molecular flexibility index (Phi) is 3.28. The van der Waals surface area contributed by atoms with Crippen molar-refractivity contribution in [3.05, 3.63) is 45.7 Å². The van der Waals surface area contributed by atoms with Crippen molar-refractivity contribution < 1.29 is 4.79 Å². The maximum absolute atomic E-state index is 11.9. The molecule has 17 heavy (non-hydrogen) atoms. The van der Waals surface area contributed by atoms with Gasteiger partial charge >= 0.3 is 0 Å². The number of carbonyl (C=O) groups is 1. The number of hydrogen-bond acceptors (Lipinski definition) is 2. The Labute approximate surface area is 108 Å². The van der Waals surface area contributed by atoms with E-state index in [2.05, 4.69) is 31.4 Å². The van der Waals surface area contributed by atoms with Crippen molar-refractivity contribution in [2.75, 3.05) is 5.32 Å². The van der Waals surface area contributed by atoms with Crippen LogP contribution in [0.25, 0.3) is 0 Å². The standard InChI is InChI=1S/C12H12BrN3O/c1-7-3-9(13)5-10(4-7)15-12(17)11-6-14-16-8(11)2/h3-6H,1-2H3,(H,14,16)(H,15,17). The maximum Gasteiger partial charge on any atom is 0.259 e. The zero-order chi connectivity index (χ0) is 12.4. The molecule has 1 amide bonds. The second-order valence-electron chi connectivity index (χ2n) is 3.88. The van der Waals surface area contributed by atoms with Gasteiger partial charge in [0.15, 0.2) is 0 Å². The van der Waals surface area contributed by atoms with Crippen LogP contribution in [-0.4, -0.2) is 16.1 Å². The summed E-state index contributed by atoms with van der Waals surface area (Å²) in [5, 5.41) is 9.40. The highest BCUT2D eigenvalue weighted by molar-refractivity contribution is 9.10. The molecule has 0 spiro atoms. The van der Waals surface area contributed by atoms with Gasteiger partial charge in [0, 0.05) is 15.9 Å². The summed E-state index contributed by atoms with van der Waals surface area (Å²) in [5.74, 6) is -0.159. The highest BCUT2D eigenvalue weighted by Gasteiger charge is 2.11. The topological polar surface area (TPSA) is 57.8 Å². The third kappa shape index (κ3) is 2.74. The monoisotopic (exact) mass is 293 g/mol. The predicted molar refractivity (Wildman–Crippen MR) is 70.2 cm³/mol. The number of carbonyl (C=O) groups excluding carboxylic acids is 1. The molecule has 1 heterocycles. The van der Waals surface area contributed by atoms with Gasteiger partial charge in [-0.3, -0.25) is 9.89 Å². The van der Waals surface area contributed by atoms with Crippen LogP contribution in [0.4, 0.5) is 5.69 Å². The number of rotatable bonds is 2. The van der Waals surface area contributed by atoms with Crippen LogP contribution in [0.5, 0.6) is 0 Å². The summed E-state index contributed by atoms with van der Waals surface area (Å²) in [6, 6.07) is 5.76. The number of hydrogen-bond donors (Lipinski definition) is 2. The minimum atomic E-state index is -0.159. The van der Waals surface area contributed by atoms with Crippen LogP contribution >= 0.6 is 15.9 Å². The van der Waals surface area contributed by atoms with Crippen LogP contribution in [0.1, 0.15) is 21.6 Å². The van der Waals surface area contributed by atoms with E-state index in [0.29, 0.717) is 5.56 Å². The van der Waals surface area contributed by atoms with Crippen molar-refractivity contribution >= 4 is 27.5 Å². The van der Waals surface area contributed by atoms with E-state index >= 15 is 0 Å². The Morgan fingerprint density at radius 1 is 1.35 bits per heavy atom. The first-order chi connectivity index (χ1) is 8.06. The number of nitrogens with zero attached hydrogens (tertiary/aromatic N) is 1. The van der Waals surface area contributed by atoms with Crippen molar-refractivity contribution in [1.82, 2.24) is 10.2 Å². The van der Waals surface area contributed by atoms with Gasteiger partial charge in [-0.2, -0.15) is 5.10 Å². The Hall–Kier alpha value is -1.62. The van der Waals surface area contributed by atoms with E-state index < -0.39 is 0 Å². The SMILES string of the molecule is Cc1cc(Br)cc(NC(=O)c2cn[nH]c2C)c1. The molecule has 4 nitrogen and oxygen atoms in total. The highest BCUT2D eigenvalue weighted by atomic mass is 79.9. The van der Waals surface area contributed by atoms with Crippen molar-refractivity contribution in [2.45, 2.75) is 13.8 Å². The summed E-state index contributed by atoms with van der Waals surface area (Å²) in [5.41, 5.74) is 3.16. The molecule has 0 aliphatic rings. The average Bonchev–Trinajstić information content (AvgIpc) is 2.62. The Balaban J connectivity index is 2.21. The quantitative estimate of drug-likeness (QED) is 0.894. The molecule has 1 aromatic carbocycles. The van der Waals surface area contributed by atoms with Gasteiger partial charge in [0.1, 0.15) is 0 Å². The minimum absolute atomic E-state index is 0.159. The van der Waals surface area contributed by atoms with E-state index in [9.17, 15) is 4.79 Å². The molecule has 0 fully saturated rings. The van der Waals surface area contributed by atoms with Gasteiger partial charge in [0.2, 0.25) is 0 Å². The second-order valence-corrected chi connectivity index (χ2v) is 4.80. The first-order valence-electron chi connectivity index (χ1n) is 5.15. The fourth-order valence-corrected chi connectivity index (χ4v) is 2.19. The molecule has 5 heteroatoms. The van der Waals surface area contributed by atoms with Gasteiger partial charge in [-0.05, 0) is 37.6 Å². The number of nitrogens with one attached hydrogen (secondary N) is 2. The molecular formula is C12H12BrN3O. The van der Waals surface area contributed by atoms with Crippen LogP contribution in [0.3, 0.4) is 0 Å². The number of aromatic nitrogens is 2. The zero-order valence-electron chi connectivity index (χ0n) is 9.54. The summed E-state index contributed by atoms with van der Waals surface area (Å²) >= 11 is 3.40. The molecule has 0 radical (unpaired) electrons. The Bertz CT molecular complexity index is 542. The zero-order valence-corrected chi connectivity index (χ0v) is 11.1. The van der Waals surface area contributed by atoms with Crippen LogP contribution in [0.15, 0.2) is 28.9 Å². The lowest BCUT2D eigenvalue weighted by molar-refractivity contribution is 0.102. The van der Waals surface area contributed by atoms with Crippen LogP contribution in [-0.2, 0) is 0 Å². The van der Waals surface area contributed by atoms with Crippen LogP contribution in [0, 0.1) is 13.8 Å². The molecule has 0 saturated heterocycles. The first kappa shape index (κ1) is 11.9. The lowest BCUT2D eigenvalue weighted by Crippen LogP contribution is -2.12. The number of anilines is 1. The van der Waals surface area contributed by atoms with Crippen LogP contribution in [0.2, 0.25) is 0 Å². The molecule has 0 aliphatic heterocycles. The molecule has 0 aliphatic carbocycles. The predicted octanol–water partition coefficient (Wildman–Crippen LogP) is 3.04. The number of H-pyrrole nitrogens is 1. The molecule has 0 unspecified atom stereocenters. The molecule has 88 valence electrons. The lowest BCUT2D eigenvalue weighted by Gasteiger charge is -2.06. The van der Waals surface area contributed by atoms with Gasteiger partial charge in [0.05, 0.1) is 11.8 Å². The van der Waals surface area contributed by atoms with Crippen LogP contribution < -0.4 is 5.32 Å². The fourth-order valence-electron chi connectivity index (χ4n) is 1.59. The van der Waals surface area contributed by atoms with Crippen molar-refractivity contribution in [3.8, 4) is 0 Å². The smallest absolute Gasteiger partial charge is 0.259 e. The van der Waals surface area contributed by atoms with Crippen molar-refractivity contribution in [1.29, 1.82) is 0 Å². The van der Waals surface area contributed by atoms with Gasteiger partial charge in [-0.1, -0.05) is 15.9 Å². The van der Waals surface area contributed by atoms with Crippen molar-refractivity contribution in [3.63, 3.8) is 0 Å². The van der Waals surface area contributed by atoms with E-state index in [1.807, 2.05) is 32.0 Å². The fraction of sp³-hybridized carbons (Fsp3) is 0.167. The summed E-state index contributed by atoms with van der Waals surface area (Å²) in [4.78, 5) is 11.9. The van der Waals surface area contributed by atoms with E-state index in [0.717, 1.165) is 21.4 Å². The average molecular weight is 294 g/mol. The van der Waals surface area contributed by atoms with E-state index in [4.69, 9.17) is 0 Å². The molecule has 2 aromatic rings. The minimum Gasteiger partial charge on any atom is -0.322 e. The van der Waals surface area contributed by atoms with Crippen molar-refractivity contribution in [2.24, 2.45) is 0 Å². The summed E-state index contributed by atoms with van der Waals surface area (Å²) in [6.45, 7) is 3.79. The highest BCUT2D eigenvalue weighted by Crippen LogP contribution is 2.19. The van der Waals surface area contributed by atoms with E-state index in [1.165, 1.54) is 6.20 Å². The van der Waals surface area contributed by atoms with E-state index in [1.54, 1.807) is 0 Å². The molecule has 2 rings (SSSR count). The second kappa shape index (κ2) is 4.71. The number of aryl methyl sites for hydroxylation is 2. The Morgan fingerprint density at radius 3 is 2.71 bits per heavy atom. The molecule has 0 bridgehead atoms. The lowest BCUT2D eigenvalue weighted by atomic mass is 10.2. The van der Waals surface area contributed by atoms with Gasteiger partial charge in [0.25, 0.3) is 5.91 Å². The molecule has 0 saturated carbocycles. The number of benzene rings is 1. The molecule has 0 atom stereocenters. The van der Waals surface area contributed by atoms with E-state index in [-0.39, 0.29) is 5.91 Å². The third-order valence-corrected chi connectivity index (χ3v) is 2.83. The number of amides is 1. The number of halogens is 1.